The van der Waals surface area contributed by atoms with Crippen LogP contribution in [0.5, 0.6) is 5.75 Å². The maximum atomic E-state index is 10.6. The van der Waals surface area contributed by atoms with Crippen molar-refractivity contribution < 1.29 is 5.11 Å². The zero-order valence-electron chi connectivity index (χ0n) is 23.7. The Morgan fingerprint density at radius 3 is 1.82 bits per heavy atom. The van der Waals surface area contributed by atoms with Crippen molar-refractivity contribution >= 4 is 40.8 Å². The van der Waals surface area contributed by atoms with E-state index in [1.165, 1.54) is 38.5 Å². The highest BCUT2D eigenvalue weighted by atomic mass is 32.2. The minimum Gasteiger partial charge on any atom is -0.508 e. The molecule has 3 aromatic rings. The van der Waals surface area contributed by atoms with Crippen molar-refractivity contribution in [3.05, 3.63) is 54.1 Å². The molecule has 206 valence electrons. The van der Waals surface area contributed by atoms with Gasteiger partial charge >= 0.3 is 0 Å². The minimum atomic E-state index is -0.208. The molecule has 2 aromatic carbocycles. The fourth-order valence-corrected chi connectivity index (χ4v) is 5.88. The Labute approximate surface area is 238 Å². The first-order chi connectivity index (χ1) is 18.3. The third-order valence-corrected chi connectivity index (χ3v) is 8.17. The number of benzene rings is 2. The van der Waals surface area contributed by atoms with Gasteiger partial charge < -0.3 is 5.11 Å². The van der Waals surface area contributed by atoms with Crippen LogP contribution >= 0.6 is 23.5 Å². The lowest BCUT2D eigenvalue weighted by Crippen LogP contribution is -2.17. The van der Waals surface area contributed by atoms with Crippen molar-refractivity contribution in [1.29, 1.82) is 0 Å². The van der Waals surface area contributed by atoms with Gasteiger partial charge in [-0.25, -0.2) is 0 Å². The molecule has 7 heteroatoms. The third kappa shape index (κ3) is 9.19. The monoisotopic (exact) mass is 552 g/mol. The van der Waals surface area contributed by atoms with Gasteiger partial charge in [-0.1, -0.05) is 115 Å². The van der Waals surface area contributed by atoms with E-state index in [1.807, 2.05) is 24.3 Å². The molecule has 0 radical (unpaired) electrons. The van der Waals surface area contributed by atoms with Crippen LogP contribution in [-0.2, 0) is 5.41 Å². The van der Waals surface area contributed by atoms with E-state index < -0.39 is 0 Å². The Bertz CT molecular complexity index is 1090. The maximum absolute atomic E-state index is 10.6. The molecule has 0 saturated carbocycles. The van der Waals surface area contributed by atoms with Crippen molar-refractivity contribution in [3.8, 4) is 5.75 Å². The SMILES string of the molecule is CCCCCCSc1nc(SCCCCCC)nc(N(c2ccccc2)c2ccc(O)c(C(C)(C)C)c2)n1. The van der Waals surface area contributed by atoms with Crippen molar-refractivity contribution in [3.63, 3.8) is 0 Å². The fraction of sp³-hybridized carbons (Fsp3) is 0.516. The number of phenolic OH excluding ortho intramolecular Hbond substituents is 1. The molecule has 3 rings (SSSR count). The summed E-state index contributed by atoms with van der Waals surface area (Å²) in [6, 6.07) is 16.0. The van der Waals surface area contributed by atoms with Gasteiger partial charge in [-0.05, 0) is 48.6 Å². The summed E-state index contributed by atoms with van der Waals surface area (Å²) in [5.41, 5.74) is 2.58. The van der Waals surface area contributed by atoms with E-state index in [4.69, 9.17) is 15.0 Å². The summed E-state index contributed by atoms with van der Waals surface area (Å²) >= 11 is 3.44. The van der Waals surface area contributed by atoms with Gasteiger partial charge in [0.05, 0.1) is 0 Å². The molecule has 0 unspecified atom stereocenters. The van der Waals surface area contributed by atoms with E-state index in [9.17, 15) is 5.11 Å². The number of phenols is 1. The molecule has 0 aliphatic heterocycles. The Balaban J connectivity index is 2.01. The summed E-state index contributed by atoms with van der Waals surface area (Å²) in [5.74, 6) is 2.92. The number of aromatic hydroxyl groups is 1. The van der Waals surface area contributed by atoms with E-state index in [0.29, 0.717) is 11.7 Å². The molecule has 0 saturated heterocycles. The predicted octanol–water partition coefficient (Wildman–Crippen LogP) is 9.69. The number of hydrogen-bond acceptors (Lipinski definition) is 7. The van der Waals surface area contributed by atoms with Crippen LogP contribution in [0.1, 0.15) is 91.5 Å². The first-order valence-electron chi connectivity index (χ1n) is 14.0. The molecule has 0 aliphatic rings. The third-order valence-electron chi connectivity index (χ3n) is 6.30. The number of hydrogen-bond donors (Lipinski definition) is 1. The lowest BCUT2D eigenvalue weighted by molar-refractivity contribution is 0.447. The highest BCUT2D eigenvalue weighted by Crippen LogP contribution is 2.39. The smallest absolute Gasteiger partial charge is 0.239 e. The van der Waals surface area contributed by atoms with Gasteiger partial charge in [0.25, 0.3) is 0 Å². The van der Waals surface area contributed by atoms with Crippen LogP contribution in [0, 0.1) is 0 Å². The van der Waals surface area contributed by atoms with Crippen LogP contribution in [0.4, 0.5) is 17.3 Å². The summed E-state index contributed by atoms with van der Waals surface area (Å²) < 4.78 is 0. The van der Waals surface area contributed by atoms with E-state index >= 15 is 0 Å². The fourth-order valence-electron chi connectivity index (χ4n) is 4.16. The number of nitrogens with zero attached hydrogens (tertiary/aromatic N) is 4. The second-order valence-electron chi connectivity index (χ2n) is 10.6. The van der Waals surface area contributed by atoms with E-state index in [0.717, 1.165) is 51.6 Å². The van der Waals surface area contributed by atoms with Crippen LogP contribution in [0.15, 0.2) is 58.8 Å². The highest BCUT2D eigenvalue weighted by Gasteiger charge is 2.23. The Morgan fingerprint density at radius 2 is 1.29 bits per heavy atom. The summed E-state index contributed by atoms with van der Waals surface area (Å²) in [7, 11) is 0. The van der Waals surface area contributed by atoms with Gasteiger partial charge in [-0.3, -0.25) is 4.90 Å². The van der Waals surface area contributed by atoms with Crippen LogP contribution in [0.2, 0.25) is 0 Å². The zero-order chi connectivity index (χ0) is 27.4. The molecule has 0 atom stereocenters. The number of anilines is 3. The highest BCUT2D eigenvalue weighted by molar-refractivity contribution is 7.99. The van der Waals surface area contributed by atoms with Crippen LogP contribution < -0.4 is 4.90 Å². The quantitative estimate of drug-likeness (QED) is 0.149. The zero-order valence-corrected chi connectivity index (χ0v) is 25.4. The lowest BCUT2D eigenvalue weighted by Gasteiger charge is -2.27. The topological polar surface area (TPSA) is 62.1 Å². The van der Waals surface area contributed by atoms with Gasteiger partial charge in [0.1, 0.15) is 5.75 Å². The average molecular weight is 553 g/mol. The molecular formula is C31H44N4OS2. The van der Waals surface area contributed by atoms with Crippen LogP contribution in [0.25, 0.3) is 0 Å². The second kappa shape index (κ2) is 15.4. The molecule has 0 spiro atoms. The van der Waals surface area contributed by atoms with Crippen molar-refractivity contribution in [2.75, 3.05) is 16.4 Å². The minimum absolute atomic E-state index is 0.208. The first-order valence-corrected chi connectivity index (χ1v) is 16.0. The molecule has 1 N–H and O–H groups in total. The molecule has 5 nitrogen and oxygen atoms in total. The Morgan fingerprint density at radius 1 is 0.711 bits per heavy atom. The van der Waals surface area contributed by atoms with E-state index in [1.54, 1.807) is 29.6 Å². The Kier molecular flexibility index (Phi) is 12.3. The number of rotatable bonds is 15. The lowest BCUT2D eigenvalue weighted by atomic mass is 9.86. The molecular weight excluding hydrogens is 509 g/mol. The number of unbranched alkanes of at least 4 members (excludes halogenated alkanes) is 6. The van der Waals surface area contributed by atoms with Crippen molar-refractivity contribution in [2.24, 2.45) is 0 Å². The normalized spacial score (nSPS) is 11.6. The molecule has 0 aliphatic carbocycles. The predicted molar refractivity (Wildman–Crippen MR) is 165 cm³/mol. The summed E-state index contributed by atoms with van der Waals surface area (Å²) in [4.78, 5) is 16.9. The molecule has 0 amide bonds. The van der Waals surface area contributed by atoms with Crippen molar-refractivity contribution in [1.82, 2.24) is 15.0 Å². The van der Waals surface area contributed by atoms with Gasteiger partial charge in [0, 0.05) is 28.4 Å². The number of aromatic nitrogens is 3. The summed E-state index contributed by atoms with van der Waals surface area (Å²) in [6.45, 7) is 10.8. The number of para-hydroxylation sites is 1. The second-order valence-corrected chi connectivity index (χ2v) is 12.8. The van der Waals surface area contributed by atoms with Crippen LogP contribution in [-0.4, -0.2) is 31.6 Å². The van der Waals surface area contributed by atoms with E-state index in [2.05, 4.69) is 57.7 Å². The molecule has 1 aromatic heterocycles. The standard InChI is InChI=1S/C31H44N4OS2/c1-6-8-10-15-21-37-29-32-28(33-30(34-29)38-22-16-11-9-7-2)35(24-17-13-12-14-18-24)25-19-20-27(36)26(23-25)31(3,4)5/h12-14,17-20,23,36H,6-11,15-16,21-22H2,1-5H3. The summed E-state index contributed by atoms with van der Waals surface area (Å²) in [5, 5.41) is 12.2. The molecule has 1 heterocycles. The van der Waals surface area contributed by atoms with E-state index in [-0.39, 0.29) is 5.41 Å². The summed E-state index contributed by atoms with van der Waals surface area (Å²) in [6.07, 6.45) is 9.78. The van der Waals surface area contributed by atoms with Gasteiger partial charge in [-0.15, -0.1) is 0 Å². The average Bonchev–Trinajstić information content (AvgIpc) is 2.89. The Hall–Kier alpha value is -2.25. The largest absolute Gasteiger partial charge is 0.508 e. The molecule has 0 bridgehead atoms. The van der Waals surface area contributed by atoms with Gasteiger partial charge in [0.15, 0.2) is 10.3 Å². The van der Waals surface area contributed by atoms with Crippen LogP contribution in [0.3, 0.4) is 0 Å². The number of thioether (sulfide) groups is 2. The maximum Gasteiger partial charge on any atom is 0.239 e. The van der Waals surface area contributed by atoms with Gasteiger partial charge in [0.2, 0.25) is 5.95 Å². The molecule has 38 heavy (non-hydrogen) atoms. The molecule has 0 fully saturated rings. The van der Waals surface area contributed by atoms with Crippen molar-refractivity contribution in [2.45, 2.75) is 102 Å². The first kappa shape index (κ1) is 30.3. The van der Waals surface area contributed by atoms with Gasteiger partial charge in [-0.2, -0.15) is 15.0 Å².